The summed E-state index contributed by atoms with van der Waals surface area (Å²) in [6, 6.07) is 0. The number of aliphatic carboxylic acids is 1. The van der Waals surface area contributed by atoms with Gasteiger partial charge in [-0.25, -0.2) is 0 Å². The van der Waals surface area contributed by atoms with Crippen molar-refractivity contribution in [3.05, 3.63) is 0 Å². The van der Waals surface area contributed by atoms with Crippen LogP contribution in [0.3, 0.4) is 0 Å². The molecule has 3 heteroatoms. The molecule has 0 atom stereocenters. The van der Waals surface area contributed by atoms with Gasteiger partial charge in [0.1, 0.15) is 0 Å². The molecule has 0 spiro atoms. The normalized spacial score (nSPS) is 17.5. The Labute approximate surface area is 98.8 Å². The molecule has 1 aliphatic rings. The van der Waals surface area contributed by atoms with Gasteiger partial charge in [-0.3, -0.25) is 4.79 Å². The fourth-order valence-corrected chi connectivity index (χ4v) is 2.32. The lowest BCUT2D eigenvalue weighted by Gasteiger charge is -2.26. The summed E-state index contributed by atoms with van der Waals surface area (Å²) in [6.07, 6.45) is 10.2. The van der Waals surface area contributed by atoms with E-state index in [0.29, 0.717) is 6.42 Å². The van der Waals surface area contributed by atoms with Crippen molar-refractivity contribution < 1.29 is 9.90 Å². The third-order valence-corrected chi connectivity index (χ3v) is 3.31. The molecule has 0 unspecified atom stereocenters. The molecule has 1 aliphatic heterocycles. The number of rotatable bonds is 8. The molecule has 0 aliphatic carbocycles. The number of nitrogens with zero attached hydrogens (tertiary/aromatic N) is 1. The van der Waals surface area contributed by atoms with Gasteiger partial charge in [0.25, 0.3) is 0 Å². The van der Waals surface area contributed by atoms with Crippen LogP contribution in [0.2, 0.25) is 0 Å². The summed E-state index contributed by atoms with van der Waals surface area (Å²) < 4.78 is 0. The van der Waals surface area contributed by atoms with Gasteiger partial charge in [0, 0.05) is 6.42 Å². The summed E-state index contributed by atoms with van der Waals surface area (Å²) in [7, 11) is 0. The van der Waals surface area contributed by atoms with E-state index in [1.807, 2.05) is 0 Å². The van der Waals surface area contributed by atoms with Crippen LogP contribution in [0.25, 0.3) is 0 Å². The van der Waals surface area contributed by atoms with Gasteiger partial charge in [-0.1, -0.05) is 25.7 Å². The third kappa shape index (κ3) is 6.83. The highest BCUT2D eigenvalue weighted by molar-refractivity contribution is 5.66. The van der Waals surface area contributed by atoms with Crippen molar-refractivity contribution in [3.63, 3.8) is 0 Å². The van der Waals surface area contributed by atoms with Crippen LogP contribution in [-0.4, -0.2) is 35.6 Å². The Kier molecular flexibility index (Phi) is 7.23. The second kappa shape index (κ2) is 8.57. The molecule has 16 heavy (non-hydrogen) atoms. The monoisotopic (exact) mass is 227 g/mol. The van der Waals surface area contributed by atoms with E-state index in [0.717, 1.165) is 12.8 Å². The standard InChI is InChI=1S/C13H25NO2/c15-13(16)9-5-2-1-3-6-10-14-11-7-4-8-12-14/h1-12H2,(H,15,16). The fourth-order valence-electron chi connectivity index (χ4n) is 2.32. The first-order chi connectivity index (χ1) is 7.79. The van der Waals surface area contributed by atoms with Crippen molar-refractivity contribution in [1.29, 1.82) is 0 Å². The number of unbranched alkanes of at least 4 members (excludes halogenated alkanes) is 4. The fraction of sp³-hybridized carbons (Fsp3) is 0.923. The second-order valence-electron chi connectivity index (χ2n) is 4.81. The topological polar surface area (TPSA) is 40.5 Å². The summed E-state index contributed by atoms with van der Waals surface area (Å²) in [5, 5.41) is 8.48. The summed E-state index contributed by atoms with van der Waals surface area (Å²) >= 11 is 0. The van der Waals surface area contributed by atoms with Gasteiger partial charge in [0.15, 0.2) is 0 Å². The summed E-state index contributed by atoms with van der Waals surface area (Å²) in [6.45, 7) is 3.83. The van der Waals surface area contributed by atoms with Crippen LogP contribution in [0, 0.1) is 0 Å². The van der Waals surface area contributed by atoms with Gasteiger partial charge >= 0.3 is 5.97 Å². The Bertz CT molecular complexity index is 188. The molecular formula is C13H25NO2. The van der Waals surface area contributed by atoms with E-state index >= 15 is 0 Å². The minimum atomic E-state index is -0.659. The van der Waals surface area contributed by atoms with E-state index in [-0.39, 0.29) is 0 Å². The summed E-state index contributed by atoms with van der Waals surface area (Å²) in [5.74, 6) is -0.659. The van der Waals surface area contributed by atoms with Gasteiger partial charge in [0.2, 0.25) is 0 Å². The molecule has 0 aromatic heterocycles. The zero-order chi connectivity index (χ0) is 11.6. The zero-order valence-corrected chi connectivity index (χ0v) is 10.3. The van der Waals surface area contributed by atoms with Crippen LogP contribution >= 0.6 is 0 Å². The maximum Gasteiger partial charge on any atom is 0.303 e. The highest BCUT2D eigenvalue weighted by Crippen LogP contribution is 2.11. The molecule has 1 saturated heterocycles. The molecule has 0 amide bonds. The lowest BCUT2D eigenvalue weighted by atomic mass is 10.1. The van der Waals surface area contributed by atoms with Crippen molar-refractivity contribution in [2.75, 3.05) is 19.6 Å². The van der Waals surface area contributed by atoms with Crippen LogP contribution in [0.1, 0.15) is 57.8 Å². The number of hydrogen-bond donors (Lipinski definition) is 1. The molecule has 0 aromatic rings. The molecular weight excluding hydrogens is 202 g/mol. The van der Waals surface area contributed by atoms with E-state index in [9.17, 15) is 4.79 Å². The minimum absolute atomic E-state index is 0.339. The van der Waals surface area contributed by atoms with Crippen molar-refractivity contribution in [2.24, 2.45) is 0 Å². The Balaban J connectivity index is 1.82. The molecule has 1 rings (SSSR count). The maximum atomic E-state index is 10.3. The Morgan fingerprint density at radius 1 is 0.938 bits per heavy atom. The largest absolute Gasteiger partial charge is 0.481 e. The molecule has 0 bridgehead atoms. The average Bonchev–Trinajstić information content (AvgIpc) is 2.29. The van der Waals surface area contributed by atoms with E-state index in [1.54, 1.807) is 0 Å². The van der Waals surface area contributed by atoms with Crippen LogP contribution in [0.5, 0.6) is 0 Å². The second-order valence-corrected chi connectivity index (χ2v) is 4.81. The van der Waals surface area contributed by atoms with Gasteiger partial charge in [-0.2, -0.15) is 0 Å². The number of piperidine rings is 1. The Morgan fingerprint density at radius 2 is 1.56 bits per heavy atom. The molecule has 1 fully saturated rings. The van der Waals surface area contributed by atoms with Gasteiger partial charge in [-0.05, 0) is 45.3 Å². The highest BCUT2D eigenvalue weighted by atomic mass is 16.4. The first kappa shape index (κ1) is 13.5. The smallest absolute Gasteiger partial charge is 0.303 e. The number of carbonyl (C=O) groups is 1. The summed E-state index contributed by atoms with van der Waals surface area (Å²) in [4.78, 5) is 12.9. The summed E-state index contributed by atoms with van der Waals surface area (Å²) in [5.41, 5.74) is 0. The lowest BCUT2D eigenvalue weighted by molar-refractivity contribution is -0.137. The van der Waals surface area contributed by atoms with Crippen molar-refractivity contribution in [1.82, 2.24) is 4.90 Å². The van der Waals surface area contributed by atoms with Crippen LogP contribution in [0.4, 0.5) is 0 Å². The van der Waals surface area contributed by atoms with E-state index in [2.05, 4.69) is 4.90 Å². The van der Waals surface area contributed by atoms with Gasteiger partial charge < -0.3 is 10.0 Å². The number of hydrogen-bond acceptors (Lipinski definition) is 2. The van der Waals surface area contributed by atoms with E-state index < -0.39 is 5.97 Å². The first-order valence-corrected chi connectivity index (χ1v) is 6.73. The van der Waals surface area contributed by atoms with Crippen molar-refractivity contribution in [3.8, 4) is 0 Å². The predicted molar refractivity (Wildman–Crippen MR) is 65.6 cm³/mol. The molecule has 0 radical (unpaired) electrons. The van der Waals surface area contributed by atoms with Crippen LogP contribution < -0.4 is 0 Å². The quantitative estimate of drug-likeness (QED) is 0.648. The Hall–Kier alpha value is -0.570. The minimum Gasteiger partial charge on any atom is -0.481 e. The average molecular weight is 227 g/mol. The molecule has 1 heterocycles. The van der Waals surface area contributed by atoms with Gasteiger partial charge in [-0.15, -0.1) is 0 Å². The zero-order valence-electron chi connectivity index (χ0n) is 10.3. The number of likely N-dealkylation sites (tertiary alicyclic amines) is 1. The Morgan fingerprint density at radius 3 is 2.25 bits per heavy atom. The first-order valence-electron chi connectivity index (χ1n) is 6.73. The highest BCUT2D eigenvalue weighted by Gasteiger charge is 2.08. The predicted octanol–water partition coefficient (Wildman–Crippen LogP) is 2.90. The van der Waals surface area contributed by atoms with E-state index in [1.165, 1.54) is 58.2 Å². The maximum absolute atomic E-state index is 10.3. The van der Waals surface area contributed by atoms with Crippen LogP contribution in [0.15, 0.2) is 0 Å². The van der Waals surface area contributed by atoms with Gasteiger partial charge in [0.05, 0.1) is 0 Å². The molecule has 0 aromatic carbocycles. The third-order valence-electron chi connectivity index (χ3n) is 3.31. The molecule has 0 saturated carbocycles. The number of carboxylic acids is 1. The molecule has 3 nitrogen and oxygen atoms in total. The molecule has 1 N–H and O–H groups in total. The lowest BCUT2D eigenvalue weighted by Crippen LogP contribution is -2.30. The van der Waals surface area contributed by atoms with Crippen molar-refractivity contribution in [2.45, 2.75) is 57.8 Å². The van der Waals surface area contributed by atoms with E-state index in [4.69, 9.17) is 5.11 Å². The SMILES string of the molecule is O=C(O)CCCCCCCN1CCCCC1. The molecule has 94 valence electrons. The van der Waals surface area contributed by atoms with Crippen molar-refractivity contribution >= 4 is 5.97 Å². The number of carboxylic acid groups (broad SMARTS) is 1. The van der Waals surface area contributed by atoms with Crippen LogP contribution in [-0.2, 0) is 4.79 Å².